The Hall–Kier alpha value is -1.85. The van der Waals surface area contributed by atoms with Crippen LogP contribution in [-0.4, -0.2) is 32.3 Å². The molecule has 0 radical (unpaired) electrons. The number of carbonyl (C=O) groups is 2. The summed E-state index contributed by atoms with van der Waals surface area (Å²) in [6.07, 6.45) is 1.95. The maximum Gasteiger partial charge on any atom is 0.329 e. The Kier molecular flexibility index (Phi) is 6.99. The van der Waals surface area contributed by atoms with E-state index in [1.807, 2.05) is 25.5 Å². The molecule has 1 rings (SSSR count). The Morgan fingerprint density at radius 2 is 1.96 bits per heavy atom. The number of rotatable bonds is 9. The minimum atomic E-state index is -1.20. The molecule has 0 bridgehead atoms. The van der Waals surface area contributed by atoms with Crippen molar-refractivity contribution in [2.75, 3.05) is 0 Å². The van der Waals surface area contributed by atoms with E-state index < -0.39 is 11.5 Å². The summed E-state index contributed by atoms with van der Waals surface area (Å²) >= 11 is 0. The average molecular weight is 337 g/mol. The van der Waals surface area contributed by atoms with Gasteiger partial charge in [-0.1, -0.05) is 27.2 Å². The van der Waals surface area contributed by atoms with E-state index in [0.29, 0.717) is 25.2 Å². The second kappa shape index (κ2) is 8.31. The van der Waals surface area contributed by atoms with E-state index in [1.165, 1.54) is 0 Å². The highest BCUT2D eigenvalue weighted by molar-refractivity contribution is 5.86. The summed E-state index contributed by atoms with van der Waals surface area (Å²) in [6, 6.07) is 0. The highest BCUT2D eigenvalue weighted by atomic mass is 16.4. The molecule has 2 N–H and O–H groups in total. The molecule has 0 fully saturated rings. The van der Waals surface area contributed by atoms with Crippen molar-refractivity contribution in [2.45, 2.75) is 79.3 Å². The molecule has 1 aromatic heterocycles. The number of aromatic nitrogens is 2. The molecule has 0 saturated heterocycles. The molecule has 6 heteroatoms. The molecule has 0 spiro atoms. The Labute approximate surface area is 144 Å². The number of carboxylic acids is 1. The molecule has 0 saturated carbocycles. The maximum atomic E-state index is 12.2. The average Bonchev–Trinajstić information content (AvgIpc) is 2.70. The van der Waals surface area contributed by atoms with E-state index >= 15 is 0 Å². The van der Waals surface area contributed by atoms with E-state index in [9.17, 15) is 14.7 Å². The van der Waals surface area contributed by atoms with Crippen LogP contribution in [0.4, 0.5) is 0 Å². The van der Waals surface area contributed by atoms with Crippen LogP contribution in [0.25, 0.3) is 0 Å². The van der Waals surface area contributed by atoms with Crippen LogP contribution < -0.4 is 5.32 Å². The number of aliphatic carboxylic acids is 1. The molecule has 0 aliphatic rings. The third-order valence-electron chi connectivity index (χ3n) is 4.31. The van der Waals surface area contributed by atoms with Crippen LogP contribution >= 0.6 is 0 Å². The molecule has 0 aliphatic heterocycles. The maximum absolute atomic E-state index is 12.2. The van der Waals surface area contributed by atoms with E-state index in [-0.39, 0.29) is 12.3 Å². The molecule has 0 aliphatic carbocycles. The monoisotopic (exact) mass is 337 g/mol. The number of carboxylic acid groups (broad SMARTS) is 1. The summed E-state index contributed by atoms with van der Waals surface area (Å²) in [7, 11) is 0. The van der Waals surface area contributed by atoms with Gasteiger partial charge in [0, 0.05) is 18.7 Å². The number of nitrogens with one attached hydrogen (secondary N) is 1. The molecule has 0 aromatic carbocycles. The van der Waals surface area contributed by atoms with Gasteiger partial charge in [0.15, 0.2) is 0 Å². The fourth-order valence-electron chi connectivity index (χ4n) is 2.95. The molecule has 24 heavy (non-hydrogen) atoms. The highest BCUT2D eigenvalue weighted by Crippen LogP contribution is 2.18. The lowest BCUT2D eigenvalue weighted by atomic mass is 9.95. The van der Waals surface area contributed by atoms with E-state index in [2.05, 4.69) is 24.3 Å². The van der Waals surface area contributed by atoms with Crippen LogP contribution in [0.5, 0.6) is 0 Å². The number of hydrogen-bond donors (Lipinski definition) is 2. The largest absolute Gasteiger partial charge is 0.480 e. The predicted molar refractivity (Wildman–Crippen MR) is 94.0 cm³/mol. The van der Waals surface area contributed by atoms with Gasteiger partial charge in [0.05, 0.1) is 5.69 Å². The summed E-state index contributed by atoms with van der Waals surface area (Å²) in [5.41, 5.74) is 1.91. The predicted octanol–water partition coefficient (Wildman–Crippen LogP) is 2.85. The van der Waals surface area contributed by atoms with Crippen molar-refractivity contribution in [2.24, 2.45) is 5.92 Å². The van der Waals surface area contributed by atoms with E-state index in [1.54, 1.807) is 6.92 Å². The molecule has 1 unspecified atom stereocenters. The fraction of sp³-hybridized carbons (Fsp3) is 0.722. The van der Waals surface area contributed by atoms with Gasteiger partial charge in [-0.25, -0.2) is 4.79 Å². The van der Waals surface area contributed by atoms with Gasteiger partial charge in [-0.15, -0.1) is 0 Å². The molecule has 136 valence electrons. The van der Waals surface area contributed by atoms with E-state index in [4.69, 9.17) is 0 Å². The van der Waals surface area contributed by atoms with Crippen LogP contribution in [-0.2, 0) is 22.6 Å². The zero-order valence-electron chi connectivity index (χ0n) is 15.8. The smallest absolute Gasteiger partial charge is 0.329 e. The minimum absolute atomic E-state index is 0.233. The van der Waals surface area contributed by atoms with Crippen molar-refractivity contribution in [3.63, 3.8) is 0 Å². The molecule has 1 atom stereocenters. The summed E-state index contributed by atoms with van der Waals surface area (Å²) in [4.78, 5) is 23.6. The zero-order chi connectivity index (χ0) is 18.5. The highest BCUT2D eigenvalue weighted by Gasteiger charge is 2.33. The minimum Gasteiger partial charge on any atom is -0.480 e. The second-order valence-electron chi connectivity index (χ2n) is 7.16. The lowest BCUT2D eigenvalue weighted by Crippen LogP contribution is -2.52. The molecule has 1 amide bonds. The van der Waals surface area contributed by atoms with Gasteiger partial charge in [0.25, 0.3) is 0 Å². The van der Waals surface area contributed by atoms with Gasteiger partial charge in [0.1, 0.15) is 5.54 Å². The molecule has 1 aromatic rings. The molecular formula is C18H31N3O3. The number of hydrogen-bond acceptors (Lipinski definition) is 3. The Bertz CT molecular complexity index is 593. The fourth-order valence-corrected chi connectivity index (χ4v) is 2.95. The Morgan fingerprint density at radius 1 is 1.33 bits per heavy atom. The third-order valence-corrected chi connectivity index (χ3v) is 4.31. The Balaban J connectivity index is 2.74. The van der Waals surface area contributed by atoms with Crippen molar-refractivity contribution >= 4 is 11.9 Å². The normalized spacial score (nSPS) is 13.8. The third kappa shape index (κ3) is 5.08. The zero-order valence-corrected chi connectivity index (χ0v) is 15.8. The molecule has 1 heterocycles. The number of amides is 1. The number of aryl methyl sites for hydroxylation is 1. The number of carbonyl (C=O) groups excluding carboxylic acids is 1. The van der Waals surface area contributed by atoms with Crippen molar-refractivity contribution in [3.05, 3.63) is 17.0 Å². The van der Waals surface area contributed by atoms with Crippen LogP contribution in [0.3, 0.4) is 0 Å². The quantitative estimate of drug-likeness (QED) is 0.726. The lowest BCUT2D eigenvalue weighted by Gasteiger charge is -2.25. The van der Waals surface area contributed by atoms with Crippen molar-refractivity contribution in [1.29, 1.82) is 0 Å². The topological polar surface area (TPSA) is 84.2 Å². The standard InChI is InChI=1S/C18H31N3O3/c1-7-10-18(6,17(23)24)19-16(22)9-8-15-13(4)20-21(14(15)5)11-12(2)3/h12H,7-11H2,1-6H3,(H,19,22)(H,23,24). The first kappa shape index (κ1) is 20.2. The second-order valence-corrected chi connectivity index (χ2v) is 7.16. The van der Waals surface area contributed by atoms with Crippen LogP contribution in [0.15, 0.2) is 0 Å². The first-order valence-electron chi connectivity index (χ1n) is 8.68. The van der Waals surface area contributed by atoms with Crippen LogP contribution in [0.1, 0.15) is 63.9 Å². The lowest BCUT2D eigenvalue weighted by molar-refractivity contribution is -0.147. The number of nitrogens with zero attached hydrogens (tertiary/aromatic N) is 2. The van der Waals surface area contributed by atoms with Gasteiger partial charge < -0.3 is 10.4 Å². The van der Waals surface area contributed by atoms with E-state index in [0.717, 1.165) is 23.5 Å². The van der Waals surface area contributed by atoms with Gasteiger partial charge in [-0.3, -0.25) is 9.48 Å². The summed E-state index contributed by atoms with van der Waals surface area (Å²) in [5, 5.41) is 16.6. The first-order chi connectivity index (χ1) is 11.1. The van der Waals surface area contributed by atoms with Crippen LogP contribution in [0, 0.1) is 19.8 Å². The van der Waals surface area contributed by atoms with Crippen LogP contribution in [0.2, 0.25) is 0 Å². The molecular weight excluding hydrogens is 306 g/mol. The summed E-state index contributed by atoms with van der Waals surface area (Å²) in [6.45, 7) is 12.6. The first-order valence-corrected chi connectivity index (χ1v) is 8.68. The van der Waals surface area contributed by atoms with Crippen molar-refractivity contribution < 1.29 is 14.7 Å². The van der Waals surface area contributed by atoms with Gasteiger partial charge >= 0.3 is 5.97 Å². The van der Waals surface area contributed by atoms with Gasteiger partial charge in [-0.05, 0) is 45.1 Å². The van der Waals surface area contributed by atoms with Crippen molar-refractivity contribution in [1.82, 2.24) is 15.1 Å². The SMILES string of the molecule is CCCC(C)(NC(=O)CCc1c(C)nn(CC(C)C)c1C)C(=O)O. The van der Waals surface area contributed by atoms with Gasteiger partial charge in [0.2, 0.25) is 5.91 Å². The Morgan fingerprint density at radius 3 is 2.46 bits per heavy atom. The van der Waals surface area contributed by atoms with Crippen molar-refractivity contribution in [3.8, 4) is 0 Å². The summed E-state index contributed by atoms with van der Waals surface area (Å²) < 4.78 is 1.99. The molecule has 6 nitrogen and oxygen atoms in total. The van der Waals surface area contributed by atoms with Gasteiger partial charge in [-0.2, -0.15) is 5.10 Å². The summed E-state index contributed by atoms with van der Waals surface area (Å²) in [5.74, 6) is -0.719.